The molecule has 0 aromatic heterocycles. The van der Waals surface area contributed by atoms with E-state index in [1.165, 1.54) is 52.8 Å². The van der Waals surface area contributed by atoms with Crippen LogP contribution in [-0.4, -0.2) is 0 Å². The van der Waals surface area contributed by atoms with Gasteiger partial charge in [-0.2, -0.15) is 0 Å². The fraction of sp³-hybridized carbons (Fsp3) is 0.647. The molecule has 0 N–H and O–H groups in total. The van der Waals surface area contributed by atoms with Crippen LogP contribution in [0.5, 0.6) is 0 Å². The number of allylic oxidation sites excluding steroid dienone is 4. The van der Waals surface area contributed by atoms with Gasteiger partial charge in [0.25, 0.3) is 0 Å². The lowest BCUT2D eigenvalue weighted by Crippen LogP contribution is -2.30. The van der Waals surface area contributed by atoms with Crippen LogP contribution in [0.15, 0.2) is 42.0 Å². The van der Waals surface area contributed by atoms with Gasteiger partial charge in [-0.25, -0.2) is 0 Å². The number of rotatable bonds is 13. The Morgan fingerprint density at radius 3 is 2.09 bits per heavy atom. The molecule has 0 nitrogen and oxygen atoms in total. The molecule has 0 radical (unpaired) electrons. The molecule has 0 heterocycles. The predicted molar refractivity (Wildman–Crippen MR) is 159 cm³/mol. The minimum Gasteiger partial charge on any atom is -0.0911 e. The van der Waals surface area contributed by atoms with Crippen molar-refractivity contribution in [3.05, 3.63) is 58.0 Å². The zero-order chi connectivity index (χ0) is 26.3. The van der Waals surface area contributed by atoms with Crippen LogP contribution in [0.3, 0.4) is 0 Å². The molecule has 0 aliphatic heterocycles. The van der Waals surface area contributed by atoms with E-state index in [0.717, 1.165) is 31.1 Å². The Labute approximate surface area is 214 Å². The van der Waals surface area contributed by atoms with Gasteiger partial charge < -0.3 is 0 Å². The minimum absolute atomic E-state index is 0.181. The van der Waals surface area contributed by atoms with Crippen molar-refractivity contribution in [3.8, 4) is 0 Å². The summed E-state index contributed by atoms with van der Waals surface area (Å²) in [5, 5.41) is 2.54. The Hall–Kier alpha value is -1.56. The first kappa shape index (κ1) is 32.4. The molecular formula is C34H58. The van der Waals surface area contributed by atoms with E-state index in [2.05, 4.69) is 105 Å². The summed E-state index contributed by atoms with van der Waals surface area (Å²) in [6.45, 7) is 29.5. The minimum atomic E-state index is 0.181. The Bertz CT molecular complexity index is 845. The molecule has 0 aliphatic rings. The van der Waals surface area contributed by atoms with E-state index in [4.69, 9.17) is 0 Å². The summed E-state index contributed by atoms with van der Waals surface area (Å²) in [5.41, 5.74) is 4.67. The molecule has 0 heteroatoms. The van der Waals surface area contributed by atoms with Crippen LogP contribution in [-0.2, 0) is 5.41 Å². The maximum absolute atomic E-state index is 4.48. The van der Waals surface area contributed by atoms with E-state index in [1.807, 2.05) is 13.8 Å². The fourth-order valence-corrected chi connectivity index (χ4v) is 4.21. The highest BCUT2D eigenvalue weighted by Gasteiger charge is 2.20. The molecule has 0 saturated carbocycles. The Morgan fingerprint density at radius 2 is 1.56 bits per heavy atom. The van der Waals surface area contributed by atoms with Crippen LogP contribution in [0.2, 0.25) is 0 Å². The molecule has 1 rings (SSSR count). The molecule has 0 fully saturated rings. The third-order valence-electron chi connectivity index (χ3n) is 7.01. The molecule has 1 aromatic carbocycles. The molecule has 0 spiro atoms. The average molecular weight is 467 g/mol. The molecule has 194 valence electrons. The van der Waals surface area contributed by atoms with Crippen molar-refractivity contribution in [3.63, 3.8) is 0 Å². The number of hydrogen-bond acceptors (Lipinski definition) is 0. The van der Waals surface area contributed by atoms with Crippen molar-refractivity contribution in [1.82, 2.24) is 0 Å². The van der Waals surface area contributed by atoms with E-state index < -0.39 is 0 Å². The van der Waals surface area contributed by atoms with Gasteiger partial charge in [-0.3, -0.25) is 0 Å². The van der Waals surface area contributed by atoms with Crippen LogP contribution >= 0.6 is 0 Å². The monoisotopic (exact) mass is 466 g/mol. The van der Waals surface area contributed by atoms with Crippen molar-refractivity contribution in [2.45, 2.75) is 127 Å². The first-order valence-corrected chi connectivity index (χ1v) is 14.2. The van der Waals surface area contributed by atoms with Crippen molar-refractivity contribution in [2.75, 3.05) is 0 Å². The molecule has 1 unspecified atom stereocenters. The molecule has 0 amide bonds. The largest absolute Gasteiger partial charge is 0.0911 e. The summed E-state index contributed by atoms with van der Waals surface area (Å²) in [6.07, 6.45) is 15.3. The number of hydrogen-bond donors (Lipinski definition) is 0. The van der Waals surface area contributed by atoms with Gasteiger partial charge in [0.2, 0.25) is 0 Å². The second-order valence-corrected chi connectivity index (χ2v) is 11.2. The smallest absolute Gasteiger partial charge is 0.0106 e. The Balaban J connectivity index is 0.00000529. The third kappa shape index (κ3) is 11.2. The molecular weight excluding hydrogens is 408 g/mol. The second-order valence-electron chi connectivity index (χ2n) is 11.2. The first-order chi connectivity index (χ1) is 16.0. The lowest BCUT2D eigenvalue weighted by atomic mass is 9.80. The van der Waals surface area contributed by atoms with Gasteiger partial charge in [0.05, 0.1) is 0 Å². The van der Waals surface area contributed by atoms with Crippen LogP contribution in [0.4, 0.5) is 0 Å². The molecule has 1 atom stereocenters. The van der Waals surface area contributed by atoms with Crippen LogP contribution < -0.4 is 10.4 Å². The lowest BCUT2D eigenvalue weighted by Gasteiger charge is -2.25. The standard InChI is InChI=1S/C32H52.C2H6/c1-11-13-14-17-29(26(7)20-19-25(5)6)30(18-15-16-24(3)4)31-23-28(22-21-27(31)8)32(9,10)12-2;1-2/h13-14,17,21-26H,8,11-12,15-16,18-20H2,1-7,9-10H3;1-2H3/b14-13-,29-17+,31-30-;. The van der Waals surface area contributed by atoms with Crippen molar-refractivity contribution in [2.24, 2.45) is 17.8 Å². The van der Waals surface area contributed by atoms with Crippen molar-refractivity contribution < 1.29 is 0 Å². The summed E-state index contributed by atoms with van der Waals surface area (Å²) in [6, 6.07) is 7.01. The molecule has 34 heavy (non-hydrogen) atoms. The van der Waals surface area contributed by atoms with Gasteiger partial charge in [-0.05, 0) is 82.4 Å². The Kier molecular flexibility index (Phi) is 16.2. The highest BCUT2D eigenvalue weighted by molar-refractivity contribution is 5.66. The fourth-order valence-electron chi connectivity index (χ4n) is 4.21. The van der Waals surface area contributed by atoms with Gasteiger partial charge in [0.1, 0.15) is 0 Å². The average Bonchev–Trinajstić information content (AvgIpc) is 2.80. The van der Waals surface area contributed by atoms with E-state index in [0.29, 0.717) is 5.92 Å². The summed E-state index contributed by atoms with van der Waals surface area (Å²) in [7, 11) is 0. The zero-order valence-corrected chi connectivity index (χ0v) is 24.9. The van der Waals surface area contributed by atoms with E-state index in [9.17, 15) is 0 Å². The first-order valence-electron chi connectivity index (χ1n) is 14.2. The van der Waals surface area contributed by atoms with Crippen LogP contribution in [0.1, 0.15) is 127 Å². The molecule has 0 saturated heterocycles. The van der Waals surface area contributed by atoms with Crippen LogP contribution in [0.25, 0.3) is 12.2 Å². The zero-order valence-electron chi connectivity index (χ0n) is 24.9. The highest BCUT2D eigenvalue weighted by atomic mass is 14.2. The van der Waals surface area contributed by atoms with E-state index in [1.54, 1.807) is 0 Å². The van der Waals surface area contributed by atoms with E-state index >= 15 is 0 Å². The second kappa shape index (κ2) is 17.0. The molecule has 0 aliphatic carbocycles. The van der Waals surface area contributed by atoms with E-state index in [-0.39, 0.29) is 5.41 Å². The predicted octanol–water partition coefficient (Wildman–Crippen LogP) is 9.75. The summed E-state index contributed by atoms with van der Waals surface area (Å²) >= 11 is 0. The molecule has 0 bridgehead atoms. The van der Waals surface area contributed by atoms with Gasteiger partial charge in [-0.15, -0.1) is 0 Å². The highest BCUT2D eigenvalue weighted by Crippen LogP contribution is 2.30. The van der Waals surface area contributed by atoms with Crippen molar-refractivity contribution >= 4 is 12.2 Å². The number of benzene rings is 1. The summed E-state index contributed by atoms with van der Waals surface area (Å²) in [5.74, 6) is 2.04. The van der Waals surface area contributed by atoms with Gasteiger partial charge >= 0.3 is 0 Å². The van der Waals surface area contributed by atoms with Gasteiger partial charge in [0, 0.05) is 0 Å². The Morgan fingerprint density at radius 1 is 0.941 bits per heavy atom. The summed E-state index contributed by atoms with van der Waals surface area (Å²) < 4.78 is 0. The van der Waals surface area contributed by atoms with Gasteiger partial charge in [0.15, 0.2) is 0 Å². The maximum Gasteiger partial charge on any atom is -0.0106 e. The van der Waals surface area contributed by atoms with Gasteiger partial charge in [-0.1, -0.05) is 132 Å². The van der Waals surface area contributed by atoms with Crippen molar-refractivity contribution in [1.29, 1.82) is 0 Å². The molecule has 1 aromatic rings. The normalized spacial score (nSPS) is 14.4. The SMILES string of the molecule is C=c1ccc(C(C)(C)CC)c/c1=C(CCCC(C)C)/C(=C/C=C\CC)C(C)CCC(C)C.CC. The lowest BCUT2D eigenvalue weighted by molar-refractivity contribution is 0.492. The quantitative estimate of drug-likeness (QED) is 0.254. The maximum atomic E-state index is 4.48. The topological polar surface area (TPSA) is 0 Å². The third-order valence-corrected chi connectivity index (χ3v) is 7.01. The van der Waals surface area contributed by atoms with Crippen LogP contribution in [0, 0.1) is 17.8 Å². The summed E-state index contributed by atoms with van der Waals surface area (Å²) in [4.78, 5) is 0.